The first-order chi connectivity index (χ1) is 41.4. The summed E-state index contributed by atoms with van der Waals surface area (Å²) in [7, 11) is -17.8. The average Bonchev–Trinajstić information content (AvgIpc) is 1.59. The Bertz CT molecular complexity index is 4480. The van der Waals surface area contributed by atoms with Crippen LogP contribution in [0, 0.1) is 0 Å². The number of sulfonamides is 1. The summed E-state index contributed by atoms with van der Waals surface area (Å²) in [6.07, 6.45) is 0.656. The Morgan fingerprint density at radius 1 is 0.667 bits per heavy atom. The Hall–Kier alpha value is -8.74. The van der Waals surface area contributed by atoms with Crippen LogP contribution in [0.2, 0.25) is 0 Å². The summed E-state index contributed by atoms with van der Waals surface area (Å²) in [6.45, 7) is 8.67. The van der Waals surface area contributed by atoms with E-state index in [1.807, 2.05) is 57.2 Å². The number of rotatable bonds is 23. The smallest absolute Gasteiger partial charge is 0.299 e. The molecule has 1 atom stereocenters. The number of phenols is 1. The van der Waals surface area contributed by atoms with Crippen LogP contribution < -0.4 is 34.9 Å². The number of aromatic amines is 1. The number of hydrogen-bond acceptors (Lipinski definition) is 18. The molecule has 8 aromatic rings. The van der Waals surface area contributed by atoms with Gasteiger partial charge in [-0.05, 0) is 154 Å². The summed E-state index contributed by atoms with van der Waals surface area (Å²) >= 11 is 0. The molecule has 24 nitrogen and oxygen atoms in total. The topological polar surface area (TPSA) is 335 Å². The molecule has 0 saturated carbocycles. The molecule has 3 heterocycles. The fourth-order valence-corrected chi connectivity index (χ4v) is 13.8. The number of carbonyl (C=O) groups excluding carboxylic acids is 1. The molecule has 0 bridgehead atoms. The Kier molecular flexibility index (Phi) is 17.3. The van der Waals surface area contributed by atoms with Gasteiger partial charge in [-0.3, -0.25) is 23.8 Å². The molecule has 10 rings (SSSR count). The lowest BCUT2D eigenvalue weighted by atomic mass is 9.78. The Balaban J connectivity index is 0.823. The Morgan fingerprint density at radius 2 is 1.21 bits per heavy atom. The van der Waals surface area contributed by atoms with E-state index in [1.165, 1.54) is 48.5 Å². The van der Waals surface area contributed by atoms with Crippen molar-refractivity contribution < 1.29 is 66.3 Å². The van der Waals surface area contributed by atoms with Gasteiger partial charge in [0.1, 0.15) is 34.5 Å². The molecular formula is C59H58N8O16S4. The molecule has 0 saturated heterocycles. The van der Waals surface area contributed by atoms with E-state index in [0.717, 1.165) is 57.5 Å². The molecule has 0 aliphatic carbocycles. The number of ether oxygens (including phenoxy) is 2. The van der Waals surface area contributed by atoms with E-state index < -0.39 is 72.9 Å². The predicted octanol–water partition coefficient (Wildman–Crippen LogP) is 8.14. The number of benzene rings is 7. The molecule has 0 radical (unpaired) electrons. The van der Waals surface area contributed by atoms with Gasteiger partial charge in [-0.2, -0.15) is 30.4 Å². The monoisotopic (exact) mass is 1260 g/mol. The molecule has 28 heteroatoms. The van der Waals surface area contributed by atoms with Gasteiger partial charge in [0.05, 0.1) is 32.6 Å². The van der Waals surface area contributed by atoms with Crippen LogP contribution in [-0.4, -0.2) is 109 Å². The van der Waals surface area contributed by atoms with Crippen LogP contribution in [-0.2, 0) is 63.0 Å². The van der Waals surface area contributed by atoms with Gasteiger partial charge in [-0.1, -0.05) is 30.3 Å². The number of fused-ring (bicyclic) bond motifs is 6. The molecule has 1 amide bonds. The fraction of sp³-hybridized carbons (Fsp3) is 0.220. The summed E-state index contributed by atoms with van der Waals surface area (Å²) < 4.78 is 144. The maximum Gasteiger partial charge on any atom is 0.299 e. The minimum Gasteiger partial charge on any atom is -0.508 e. The highest BCUT2D eigenvalue weighted by Gasteiger charge is 2.56. The SMILES string of the molecule is CCN(CC)c1ccc2c(c1)Oc1cc(N(CC)CCOc3ccc(CCNC(=O)c4[nH]n(-c5ccc(S(=O)(=O)O)cc5)c(=O)c4N=Nc4ccc(S(=O)(=O)O)cc4)cc3)ccc1C21OS(=O)(=O)c2cc(S(=O)(=O)NCCc3ccc(O)cc3)ccc21. The largest absolute Gasteiger partial charge is 0.508 e. The van der Waals surface area contributed by atoms with Gasteiger partial charge in [0.15, 0.2) is 17.0 Å². The Morgan fingerprint density at radius 3 is 1.79 bits per heavy atom. The number of hydrogen-bond donors (Lipinski definition) is 6. The number of nitrogens with one attached hydrogen (secondary N) is 3. The number of anilines is 2. The minimum absolute atomic E-state index is 0.0135. The van der Waals surface area contributed by atoms with E-state index in [4.69, 9.17) is 13.7 Å². The molecule has 87 heavy (non-hydrogen) atoms. The number of nitrogens with zero attached hydrogens (tertiary/aromatic N) is 5. The summed E-state index contributed by atoms with van der Waals surface area (Å²) in [5.74, 6) is 0.567. The van der Waals surface area contributed by atoms with Gasteiger partial charge >= 0.3 is 0 Å². The van der Waals surface area contributed by atoms with E-state index in [0.29, 0.717) is 67.4 Å². The second-order valence-corrected chi connectivity index (χ2v) is 26.1. The third kappa shape index (κ3) is 12.9. The van der Waals surface area contributed by atoms with E-state index >= 15 is 0 Å². The Labute approximate surface area is 501 Å². The van der Waals surface area contributed by atoms with Crippen molar-refractivity contribution in [2.75, 3.05) is 55.7 Å². The maximum atomic E-state index is 14.3. The number of azo groups is 1. The van der Waals surface area contributed by atoms with Gasteiger partial charge in [0.2, 0.25) is 10.0 Å². The van der Waals surface area contributed by atoms with Gasteiger partial charge in [0.25, 0.3) is 41.8 Å². The van der Waals surface area contributed by atoms with Crippen molar-refractivity contribution >= 4 is 69.0 Å². The zero-order chi connectivity index (χ0) is 62.1. The maximum absolute atomic E-state index is 14.3. The van der Waals surface area contributed by atoms with Crippen LogP contribution in [0.5, 0.6) is 23.0 Å². The first kappa shape index (κ1) is 61.4. The second-order valence-electron chi connectivity index (χ2n) is 20.0. The van der Waals surface area contributed by atoms with Gasteiger partial charge in [-0.25, -0.2) is 22.0 Å². The average molecular weight is 1260 g/mol. The number of H-pyrrole nitrogens is 1. The van der Waals surface area contributed by atoms with E-state index in [2.05, 4.69) is 35.2 Å². The fourth-order valence-electron chi connectivity index (χ4n) is 10.2. The minimum atomic E-state index is -4.58. The molecular weight excluding hydrogens is 1200 g/mol. The molecule has 2 aliphatic heterocycles. The summed E-state index contributed by atoms with van der Waals surface area (Å²) in [5, 5.41) is 23.1. The van der Waals surface area contributed by atoms with Crippen molar-refractivity contribution in [2.45, 2.75) is 58.8 Å². The highest BCUT2D eigenvalue weighted by Crippen LogP contribution is 2.59. The lowest BCUT2D eigenvalue weighted by Gasteiger charge is -2.37. The zero-order valence-corrected chi connectivity index (χ0v) is 50.1. The van der Waals surface area contributed by atoms with Crippen LogP contribution in [0.1, 0.15) is 59.1 Å². The summed E-state index contributed by atoms with van der Waals surface area (Å²) in [6, 6.07) is 37.6. The highest BCUT2D eigenvalue weighted by molar-refractivity contribution is 7.89. The van der Waals surface area contributed by atoms with E-state index in [9.17, 15) is 57.5 Å². The summed E-state index contributed by atoms with van der Waals surface area (Å²) in [5.41, 5.74) is 0.981. The molecule has 1 spiro atoms. The van der Waals surface area contributed by atoms with Gasteiger partial charge in [-0.15, -0.1) is 5.11 Å². The first-order valence-corrected chi connectivity index (χ1v) is 33.0. The van der Waals surface area contributed by atoms with Crippen molar-refractivity contribution in [3.63, 3.8) is 0 Å². The number of aromatic nitrogens is 2. The van der Waals surface area contributed by atoms with Crippen molar-refractivity contribution in [3.05, 3.63) is 196 Å². The normalized spacial score (nSPS) is 15.1. The van der Waals surface area contributed by atoms with Gasteiger partial charge in [0, 0.05) is 72.9 Å². The molecule has 6 N–H and O–H groups in total. The number of carbonyl (C=O) groups is 1. The molecule has 454 valence electrons. The van der Waals surface area contributed by atoms with Crippen LogP contribution in [0.3, 0.4) is 0 Å². The van der Waals surface area contributed by atoms with Crippen LogP contribution in [0.15, 0.2) is 186 Å². The van der Waals surface area contributed by atoms with Crippen molar-refractivity contribution in [3.8, 4) is 28.7 Å². The second kappa shape index (κ2) is 24.6. The number of likely N-dealkylation sites (N-methyl/N-ethyl adjacent to an activating group) is 1. The number of aromatic hydroxyl groups is 1. The lowest BCUT2D eigenvalue weighted by molar-refractivity contribution is 0.0949. The molecule has 1 unspecified atom stereocenters. The van der Waals surface area contributed by atoms with Crippen LogP contribution >= 0.6 is 0 Å². The molecule has 7 aromatic carbocycles. The summed E-state index contributed by atoms with van der Waals surface area (Å²) in [4.78, 5) is 30.1. The van der Waals surface area contributed by atoms with Crippen molar-refractivity contribution in [1.29, 1.82) is 0 Å². The molecule has 0 fully saturated rings. The third-order valence-corrected chi connectivity index (χ3v) is 19.3. The molecule has 2 aliphatic rings. The van der Waals surface area contributed by atoms with Crippen molar-refractivity contribution in [1.82, 2.24) is 19.8 Å². The lowest BCUT2D eigenvalue weighted by Crippen LogP contribution is -2.34. The third-order valence-electron chi connectivity index (χ3n) is 14.7. The predicted molar refractivity (Wildman–Crippen MR) is 321 cm³/mol. The highest BCUT2D eigenvalue weighted by atomic mass is 32.2. The zero-order valence-electron chi connectivity index (χ0n) is 46.8. The number of phenolic OH excluding ortho intramolecular Hbond substituents is 1. The first-order valence-electron chi connectivity index (χ1n) is 27.2. The van der Waals surface area contributed by atoms with Crippen LogP contribution in [0.25, 0.3) is 5.69 Å². The van der Waals surface area contributed by atoms with Gasteiger partial charge < -0.3 is 29.7 Å². The van der Waals surface area contributed by atoms with E-state index in [-0.39, 0.29) is 57.9 Å². The number of amides is 1. The standard InChI is InChI=1S/C59H58N8O16S4/c1-4-65(5-2)42-15-26-49-52(35-42)82-53-36-43(16-27-50(53)59(49)51-28-25-48(37-54(51)87(79,80)83-59)84(71,72)61-32-30-38-7-17-44(68)18-8-38)66(6-3)33-34-81-45-19-9-39(10-20-45)29-31-60-57(69)55-56(63-62-40-11-21-46(22-12-40)85(73,74)75)58(70)67(64-55)41-13-23-47(24-14-41)86(76,77)78/h7-28,35-37,61,64,68H,4-6,29-34H2,1-3H3,(H,60,69)(H,73,74,75)(H,76,77,78). The molecule has 1 aromatic heterocycles. The van der Waals surface area contributed by atoms with Crippen molar-refractivity contribution in [2.24, 2.45) is 10.2 Å². The van der Waals surface area contributed by atoms with Crippen LogP contribution in [0.4, 0.5) is 22.7 Å². The quantitative estimate of drug-likeness (QED) is 0.0200. The van der Waals surface area contributed by atoms with E-state index in [1.54, 1.807) is 36.4 Å².